The Morgan fingerprint density at radius 3 is 2.80 bits per heavy atom. The van der Waals surface area contributed by atoms with Crippen LogP contribution in [0.15, 0.2) is 24.3 Å². The molecule has 5 heteroatoms. The first-order chi connectivity index (χ1) is 9.52. The average Bonchev–Trinajstić information content (AvgIpc) is 2.38. The molecule has 0 saturated heterocycles. The fourth-order valence-electron chi connectivity index (χ4n) is 1.63. The Morgan fingerprint density at radius 2 is 2.15 bits per heavy atom. The highest BCUT2D eigenvalue weighted by Gasteiger charge is 2.04. The molecule has 0 unspecified atom stereocenters. The Balaban J connectivity index is 2.69. The standard InChI is InChI=1S/C15H19NO4/c1-3-16-14(17)8-9-20-13-6-4-11(2)10-12(13)5-7-15(18)19/h4-7,10H,3,8-9H2,1-2H3,(H,16,17)(H,18,19). The maximum Gasteiger partial charge on any atom is 0.328 e. The predicted molar refractivity (Wildman–Crippen MR) is 76.6 cm³/mol. The number of carbonyl (C=O) groups is 2. The summed E-state index contributed by atoms with van der Waals surface area (Å²) in [5.41, 5.74) is 1.69. The van der Waals surface area contributed by atoms with E-state index in [2.05, 4.69) is 5.32 Å². The van der Waals surface area contributed by atoms with E-state index in [1.54, 1.807) is 6.07 Å². The first-order valence-corrected chi connectivity index (χ1v) is 6.44. The lowest BCUT2D eigenvalue weighted by Crippen LogP contribution is -2.24. The molecule has 0 spiro atoms. The van der Waals surface area contributed by atoms with Crippen molar-refractivity contribution in [2.45, 2.75) is 20.3 Å². The Bertz CT molecular complexity index is 509. The summed E-state index contributed by atoms with van der Waals surface area (Å²) in [6, 6.07) is 5.48. The summed E-state index contributed by atoms with van der Waals surface area (Å²) >= 11 is 0. The molecule has 1 aromatic carbocycles. The molecule has 0 aliphatic carbocycles. The summed E-state index contributed by atoms with van der Waals surface area (Å²) in [6.45, 7) is 4.61. The van der Waals surface area contributed by atoms with Crippen LogP contribution in [0, 0.1) is 6.92 Å². The van der Waals surface area contributed by atoms with Gasteiger partial charge in [-0.05, 0) is 32.1 Å². The van der Waals surface area contributed by atoms with Crippen molar-refractivity contribution in [1.29, 1.82) is 0 Å². The second-order valence-corrected chi connectivity index (χ2v) is 4.26. The highest BCUT2D eigenvalue weighted by atomic mass is 16.5. The maximum absolute atomic E-state index is 11.3. The van der Waals surface area contributed by atoms with E-state index in [9.17, 15) is 9.59 Å². The number of benzene rings is 1. The van der Waals surface area contributed by atoms with Gasteiger partial charge in [-0.3, -0.25) is 4.79 Å². The number of hydrogen-bond donors (Lipinski definition) is 2. The van der Waals surface area contributed by atoms with Crippen LogP contribution in [0.3, 0.4) is 0 Å². The highest BCUT2D eigenvalue weighted by molar-refractivity contribution is 5.86. The van der Waals surface area contributed by atoms with Crippen LogP contribution in [0.2, 0.25) is 0 Å². The Labute approximate surface area is 118 Å². The van der Waals surface area contributed by atoms with Gasteiger partial charge in [0.15, 0.2) is 0 Å². The van der Waals surface area contributed by atoms with Crippen molar-refractivity contribution in [3.8, 4) is 5.75 Å². The topological polar surface area (TPSA) is 75.6 Å². The summed E-state index contributed by atoms with van der Waals surface area (Å²) in [5, 5.41) is 11.3. The molecule has 1 amide bonds. The number of amides is 1. The number of aliphatic carboxylic acids is 1. The lowest BCUT2D eigenvalue weighted by Gasteiger charge is -2.10. The molecule has 0 radical (unpaired) electrons. The second-order valence-electron chi connectivity index (χ2n) is 4.26. The van der Waals surface area contributed by atoms with E-state index in [1.165, 1.54) is 6.08 Å². The molecule has 0 atom stereocenters. The van der Waals surface area contributed by atoms with Gasteiger partial charge in [-0.15, -0.1) is 0 Å². The Kier molecular flexibility index (Phi) is 6.29. The van der Waals surface area contributed by atoms with Crippen LogP contribution in [0.25, 0.3) is 6.08 Å². The Morgan fingerprint density at radius 1 is 1.40 bits per heavy atom. The van der Waals surface area contributed by atoms with Gasteiger partial charge in [0.25, 0.3) is 0 Å². The van der Waals surface area contributed by atoms with E-state index in [1.807, 2.05) is 26.0 Å². The van der Waals surface area contributed by atoms with Crippen molar-refractivity contribution in [1.82, 2.24) is 5.32 Å². The van der Waals surface area contributed by atoms with Gasteiger partial charge < -0.3 is 15.2 Å². The quantitative estimate of drug-likeness (QED) is 0.747. The van der Waals surface area contributed by atoms with Crippen molar-refractivity contribution in [3.63, 3.8) is 0 Å². The Hall–Kier alpha value is -2.30. The molecule has 2 N–H and O–H groups in total. The lowest BCUT2D eigenvalue weighted by molar-refractivity contribution is -0.131. The first kappa shape index (κ1) is 15.8. The van der Waals surface area contributed by atoms with Gasteiger partial charge in [0.05, 0.1) is 13.0 Å². The zero-order valence-electron chi connectivity index (χ0n) is 11.7. The molecular formula is C15H19NO4. The maximum atomic E-state index is 11.3. The van der Waals surface area contributed by atoms with E-state index >= 15 is 0 Å². The van der Waals surface area contributed by atoms with Crippen LogP contribution >= 0.6 is 0 Å². The zero-order chi connectivity index (χ0) is 15.0. The molecule has 0 aliphatic rings. The summed E-state index contributed by atoms with van der Waals surface area (Å²) in [5.74, 6) is -0.514. The van der Waals surface area contributed by atoms with Crippen molar-refractivity contribution in [2.24, 2.45) is 0 Å². The number of carbonyl (C=O) groups excluding carboxylic acids is 1. The van der Waals surface area contributed by atoms with Gasteiger partial charge in [0.1, 0.15) is 5.75 Å². The third kappa shape index (κ3) is 5.56. The first-order valence-electron chi connectivity index (χ1n) is 6.44. The monoisotopic (exact) mass is 277 g/mol. The van der Waals surface area contributed by atoms with Gasteiger partial charge in [0, 0.05) is 18.2 Å². The number of aryl methyl sites for hydroxylation is 1. The normalized spacial score (nSPS) is 10.5. The van der Waals surface area contributed by atoms with Gasteiger partial charge in [-0.25, -0.2) is 4.79 Å². The van der Waals surface area contributed by atoms with Crippen LogP contribution in [-0.4, -0.2) is 30.1 Å². The van der Waals surface area contributed by atoms with E-state index in [0.717, 1.165) is 11.6 Å². The molecular weight excluding hydrogens is 258 g/mol. The number of rotatable bonds is 7. The van der Waals surface area contributed by atoms with Crippen LogP contribution in [0.5, 0.6) is 5.75 Å². The molecule has 0 saturated carbocycles. The summed E-state index contributed by atoms with van der Waals surface area (Å²) in [7, 11) is 0. The van der Waals surface area contributed by atoms with Crippen LogP contribution in [0.4, 0.5) is 0 Å². The molecule has 0 bridgehead atoms. The molecule has 0 heterocycles. The second kappa shape index (κ2) is 7.99. The number of nitrogens with one attached hydrogen (secondary N) is 1. The van der Waals surface area contributed by atoms with E-state index < -0.39 is 5.97 Å². The molecule has 5 nitrogen and oxygen atoms in total. The van der Waals surface area contributed by atoms with Crippen molar-refractivity contribution < 1.29 is 19.4 Å². The van der Waals surface area contributed by atoms with Crippen LogP contribution < -0.4 is 10.1 Å². The molecule has 0 fully saturated rings. The van der Waals surface area contributed by atoms with E-state index in [4.69, 9.17) is 9.84 Å². The minimum absolute atomic E-state index is 0.0674. The molecule has 0 aromatic heterocycles. The predicted octanol–water partition coefficient (Wildman–Crippen LogP) is 2.00. The largest absolute Gasteiger partial charge is 0.492 e. The lowest BCUT2D eigenvalue weighted by atomic mass is 10.1. The summed E-state index contributed by atoms with van der Waals surface area (Å²) in [4.78, 5) is 21.9. The van der Waals surface area contributed by atoms with Gasteiger partial charge in [-0.1, -0.05) is 11.6 Å². The van der Waals surface area contributed by atoms with Crippen LogP contribution in [0.1, 0.15) is 24.5 Å². The van der Waals surface area contributed by atoms with Crippen molar-refractivity contribution in [2.75, 3.05) is 13.2 Å². The third-order valence-electron chi connectivity index (χ3n) is 2.53. The SMILES string of the molecule is CCNC(=O)CCOc1ccc(C)cc1C=CC(=O)O. The molecule has 1 aromatic rings. The van der Waals surface area contributed by atoms with Gasteiger partial charge in [-0.2, -0.15) is 0 Å². The van der Waals surface area contributed by atoms with Crippen molar-refractivity contribution in [3.05, 3.63) is 35.4 Å². The summed E-state index contributed by atoms with van der Waals surface area (Å²) in [6.07, 6.45) is 2.81. The minimum Gasteiger partial charge on any atom is -0.492 e. The third-order valence-corrected chi connectivity index (χ3v) is 2.53. The fraction of sp³-hybridized carbons (Fsp3) is 0.333. The van der Waals surface area contributed by atoms with Gasteiger partial charge in [0.2, 0.25) is 5.91 Å². The molecule has 1 rings (SSSR count). The number of carboxylic acid groups (broad SMARTS) is 1. The number of hydrogen-bond acceptors (Lipinski definition) is 3. The van der Waals surface area contributed by atoms with Gasteiger partial charge >= 0.3 is 5.97 Å². The molecule has 0 aliphatic heterocycles. The zero-order valence-corrected chi connectivity index (χ0v) is 11.7. The summed E-state index contributed by atoms with van der Waals surface area (Å²) < 4.78 is 5.54. The smallest absolute Gasteiger partial charge is 0.328 e. The van der Waals surface area contributed by atoms with Crippen LogP contribution in [-0.2, 0) is 9.59 Å². The van der Waals surface area contributed by atoms with Crippen molar-refractivity contribution >= 4 is 18.0 Å². The highest BCUT2D eigenvalue weighted by Crippen LogP contribution is 2.21. The molecule has 108 valence electrons. The number of ether oxygens (including phenoxy) is 1. The molecule has 20 heavy (non-hydrogen) atoms. The minimum atomic E-state index is -1.01. The number of carboxylic acids is 1. The van der Waals surface area contributed by atoms with E-state index in [0.29, 0.717) is 17.9 Å². The average molecular weight is 277 g/mol. The fourth-order valence-corrected chi connectivity index (χ4v) is 1.63. The van der Waals surface area contributed by atoms with E-state index in [-0.39, 0.29) is 18.9 Å².